The van der Waals surface area contributed by atoms with Crippen molar-refractivity contribution < 1.29 is 22.7 Å². The Morgan fingerprint density at radius 1 is 1.25 bits per heavy atom. The normalized spacial score (nSPS) is 27.9. The van der Waals surface area contributed by atoms with Crippen LogP contribution in [0.2, 0.25) is 0 Å². The zero-order valence-electron chi connectivity index (χ0n) is 17.8. The number of alkyl halides is 1. The summed E-state index contributed by atoms with van der Waals surface area (Å²) in [6, 6.07) is 7.01. The van der Waals surface area contributed by atoms with Gasteiger partial charge >= 0.3 is 6.01 Å². The van der Waals surface area contributed by atoms with E-state index in [4.69, 9.17) is 9.15 Å². The van der Waals surface area contributed by atoms with Crippen molar-refractivity contribution in [2.75, 3.05) is 19.0 Å². The number of methoxy groups -OCH3 is 1. The van der Waals surface area contributed by atoms with Crippen molar-refractivity contribution >= 4 is 11.9 Å². The highest BCUT2D eigenvalue weighted by atomic mass is 19.1. The summed E-state index contributed by atoms with van der Waals surface area (Å²) in [6.45, 7) is 1.39. The Morgan fingerprint density at radius 2 is 2.00 bits per heavy atom. The van der Waals surface area contributed by atoms with Gasteiger partial charge in [-0.25, -0.2) is 8.78 Å². The van der Waals surface area contributed by atoms with Crippen molar-refractivity contribution in [3.05, 3.63) is 53.1 Å². The van der Waals surface area contributed by atoms with Crippen LogP contribution in [0.25, 0.3) is 11.5 Å². The van der Waals surface area contributed by atoms with Gasteiger partial charge in [-0.05, 0) is 43.4 Å². The molecule has 1 aromatic heterocycles. The fourth-order valence-electron chi connectivity index (χ4n) is 4.54. The molecule has 1 aliphatic heterocycles. The Hall–Kier alpha value is -3.23. The van der Waals surface area contributed by atoms with Gasteiger partial charge in [0, 0.05) is 36.1 Å². The Labute approximate surface area is 183 Å². The van der Waals surface area contributed by atoms with Crippen LogP contribution in [0.3, 0.4) is 0 Å². The molecule has 2 aromatic rings. The van der Waals surface area contributed by atoms with E-state index in [9.17, 15) is 9.18 Å². The van der Waals surface area contributed by atoms with Crippen LogP contribution in [-0.2, 0) is 9.53 Å². The molecule has 0 bridgehead atoms. The predicted molar refractivity (Wildman–Crippen MR) is 113 cm³/mol. The maximum absolute atomic E-state index is 15.4. The second-order valence-corrected chi connectivity index (χ2v) is 8.73. The van der Waals surface area contributed by atoms with Crippen LogP contribution in [0.5, 0.6) is 0 Å². The van der Waals surface area contributed by atoms with Gasteiger partial charge < -0.3 is 19.8 Å². The van der Waals surface area contributed by atoms with E-state index in [0.717, 1.165) is 5.56 Å². The number of aromatic nitrogens is 2. The molecule has 1 unspecified atom stereocenters. The number of nitrogens with zero attached hydrogens (tertiary/aromatic N) is 2. The van der Waals surface area contributed by atoms with E-state index in [1.165, 1.54) is 38.5 Å². The molecule has 9 heteroatoms. The minimum Gasteiger partial charge on any atom is -0.501 e. The molecule has 32 heavy (non-hydrogen) atoms. The molecular weight excluding hydrogens is 418 g/mol. The third-order valence-corrected chi connectivity index (χ3v) is 6.34. The minimum atomic E-state index is -2.00. The molecule has 2 N–H and O–H groups in total. The molecule has 2 heterocycles. The van der Waals surface area contributed by atoms with E-state index in [-0.39, 0.29) is 36.2 Å². The van der Waals surface area contributed by atoms with E-state index < -0.39 is 23.5 Å². The highest BCUT2D eigenvalue weighted by Crippen LogP contribution is 2.43. The Kier molecular flexibility index (Phi) is 4.98. The Balaban J connectivity index is 1.37. The molecule has 1 saturated carbocycles. The van der Waals surface area contributed by atoms with Gasteiger partial charge in [-0.1, -0.05) is 17.2 Å². The van der Waals surface area contributed by atoms with E-state index in [1.807, 2.05) is 24.3 Å². The highest BCUT2D eigenvalue weighted by Gasteiger charge is 2.48. The molecule has 3 atom stereocenters. The van der Waals surface area contributed by atoms with Crippen LogP contribution < -0.4 is 10.6 Å². The maximum atomic E-state index is 15.4. The van der Waals surface area contributed by atoms with Gasteiger partial charge in [0.05, 0.1) is 7.11 Å². The second-order valence-electron chi connectivity index (χ2n) is 8.73. The van der Waals surface area contributed by atoms with Gasteiger partial charge in [-0.3, -0.25) is 4.79 Å². The summed E-state index contributed by atoms with van der Waals surface area (Å²) in [7, 11) is 1.37. The van der Waals surface area contributed by atoms with E-state index >= 15 is 4.39 Å². The number of hydrogen-bond donors (Lipinski definition) is 2. The number of rotatable bonds is 6. The third kappa shape index (κ3) is 3.76. The molecule has 3 aliphatic rings. The van der Waals surface area contributed by atoms with Crippen LogP contribution in [0.4, 0.5) is 14.8 Å². The molecule has 7 nitrogen and oxygen atoms in total. The molecule has 2 aliphatic carbocycles. The van der Waals surface area contributed by atoms with Crippen molar-refractivity contribution in [3.63, 3.8) is 0 Å². The average Bonchev–Trinajstić information content (AvgIpc) is 3.42. The van der Waals surface area contributed by atoms with E-state index in [2.05, 4.69) is 20.8 Å². The van der Waals surface area contributed by atoms with Gasteiger partial charge in [-0.2, -0.15) is 0 Å². The number of anilines is 1. The SMILES string of the molecule is COC1=CC(F)=C([C@@H]2CNC(=O)[C@H]2Nc2nnc(-c3ccc(C4CC4)cc3)o2)C(C)(F)C1. The third-order valence-electron chi connectivity index (χ3n) is 6.34. The standard InChI is InChI=1S/C23H24F2N4O3/c1-23(25)10-15(31-2)9-17(24)18(23)16-11-26-20(30)19(16)27-22-29-28-21(32-22)14-7-5-13(6-8-14)12-3-4-12/h5-9,12,16,19H,3-4,10-11H2,1-2H3,(H,26,30)(H,27,29)/t16-,19-,23?/m0/s1. The van der Waals surface area contributed by atoms with Crippen molar-refractivity contribution in [3.8, 4) is 11.5 Å². The number of ether oxygens (including phenoxy) is 1. The summed E-state index contributed by atoms with van der Waals surface area (Å²) >= 11 is 0. The number of halogens is 2. The maximum Gasteiger partial charge on any atom is 0.316 e. The quantitative estimate of drug-likeness (QED) is 0.702. The summed E-state index contributed by atoms with van der Waals surface area (Å²) in [5.41, 5.74) is -0.0222. The molecule has 1 aromatic carbocycles. The minimum absolute atomic E-state index is 0.0174. The fourth-order valence-corrected chi connectivity index (χ4v) is 4.54. The first-order valence-corrected chi connectivity index (χ1v) is 10.7. The fraction of sp³-hybridized carbons (Fsp3) is 0.435. The Morgan fingerprint density at radius 3 is 2.66 bits per heavy atom. The zero-order chi connectivity index (χ0) is 22.5. The summed E-state index contributed by atoms with van der Waals surface area (Å²) in [6.07, 6.45) is 3.50. The molecule has 5 rings (SSSR count). The van der Waals surface area contributed by atoms with Gasteiger partial charge in [0.1, 0.15) is 23.3 Å². The molecule has 168 valence electrons. The van der Waals surface area contributed by atoms with Crippen LogP contribution in [0, 0.1) is 5.92 Å². The lowest BCUT2D eigenvalue weighted by Gasteiger charge is -2.33. The molecular formula is C23H24F2N4O3. The lowest BCUT2D eigenvalue weighted by atomic mass is 9.78. The first kappa shape index (κ1) is 20.7. The number of allylic oxidation sites excluding steroid dienone is 3. The predicted octanol–water partition coefficient (Wildman–Crippen LogP) is 4.03. The second kappa shape index (κ2) is 7.72. The van der Waals surface area contributed by atoms with Gasteiger partial charge in [0.15, 0.2) is 0 Å². The lowest BCUT2D eigenvalue weighted by molar-refractivity contribution is -0.120. The van der Waals surface area contributed by atoms with Crippen LogP contribution >= 0.6 is 0 Å². The van der Waals surface area contributed by atoms with Crippen molar-refractivity contribution in [1.82, 2.24) is 15.5 Å². The summed E-state index contributed by atoms with van der Waals surface area (Å²) in [5, 5.41) is 13.6. The summed E-state index contributed by atoms with van der Waals surface area (Å²) in [5.74, 6) is -0.717. The topological polar surface area (TPSA) is 89.3 Å². The van der Waals surface area contributed by atoms with Crippen LogP contribution in [0.15, 0.2) is 51.9 Å². The number of carbonyl (C=O) groups is 1. The Bertz CT molecular complexity index is 1100. The smallest absolute Gasteiger partial charge is 0.316 e. The average molecular weight is 442 g/mol. The van der Waals surface area contributed by atoms with Crippen LogP contribution in [0.1, 0.15) is 37.7 Å². The van der Waals surface area contributed by atoms with Crippen LogP contribution in [-0.4, -0.2) is 41.5 Å². The molecule has 1 amide bonds. The van der Waals surface area contributed by atoms with Gasteiger partial charge in [0.2, 0.25) is 11.8 Å². The first-order valence-electron chi connectivity index (χ1n) is 10.7. The first-order chi connectivity index (χ1) is 15.4. The van der Waals surface area contributed by atoms with Gasteiger partial charge in [0.25, 0.3) is 0 Å². The van der Waals surface area contributed by atoms with Crippen molar-refractivity contribution in [2.45, 2.75) is 43.8 Å². The number of carbonyl (C=O) groups excluding carboxylic acids is 1. The monoisotopic (exact) mass is 442 g/mol. The van der Waals surface area contributed by atoms with Crippen molar-refractivity contribution in [1.29, 1.82) is 0 Å². The van der Waals surface area contributed by atoms with Gasteiger partial charge in [-0.15, -0.1) is 5.10 Å². The number of benzene rings is 1. The number of amides is 1. The molecule has 0 radical (unpaired) electrons. The molecule has 2 fully saturated rings. The zero-order valence-corrected chi connectivity index (χ0v) is 17.8. The largest absolute Gasteiger partial charge is 0.501 e. The summed E-state index contributed by atoms with van der Waals surface area (Å²) in [4.78, 5) is 12.5. The molecule has 0 spiro atoms. The van der Waals surface area contributed by atoms with E-state index in [0.29, 0.717) is 11.8 Å². The molecule has 1 saturated heterocycles. The number of nitrogens with one attached hydrogen (secondary N) is 2. The van der Waals surface area contributed by atoms with E-state index in [1.54, 1.807) is 0 Å². The number of hydrogen-bond acceptors (Lipinski definition) is 6. The summed E-state index contributed by atoms with van der Waals surface area (Å²) < 4.78 is 41.0. The van der Waals surface area contributed by atoms with Crippen molar-refractivity contribution in [2.24, 2.45) is 5.92 Å². The lowest BCUT2D eigenvalue weighted by Crippen LogP contribution is -2.40. The highest BCUT2D eigenvalue weighted by molar-refractivity contribution is 5.87.